The van der Waals surface area contributed by atoms with Gasteiger partial charge < -0.3 is 9.73 Å². The molecule has 182 valence electrons. The van der Waals surface area contributed by atoms with Gasteiger partial charge in [0.1, 0.15) is 0 Å². The van der Waals surface area contributed by atoms with Crippen molar-refractivity contribution in [1.29, 1.82) is 0 Å². The van der Waals surface area contributed by atoms with Crippen LogP contribution in [0.2, 0.25) is 0 Å². The van der Waals surface area contributed by atoms with E-state index in [4.69, 9.17) is 9.40 Å². The summed E-state index contributed by atoms with van der Waals surface area (Å²) in [5.41, 5.74) is 5.56. The highest BCUT2D eigenvalue weighted by atomic mass is 32.2. The molecule has 34 heavy (non-hydrogen) atoms. The van der Waals surface area contributed by atoms with Gasteiger partial charge in [-0.1, -0.05) is 43.5 Å². The molecule has 1 fully saturated rings. The van der Waals surface area contributed by atoms with Crippen molar-refractivity contribution in [1.82, 2.24) is 14.6 Å². The van der Waals surface area contributed by atoms with Gasteiger partial charge in [-0.2, -0.15) is 4.31 Å². The van der Waals surface area contributed by atoms with Crippen molar-refractivity contribution in [3.05, 3.63) is 52.2 Å². The van der Waals surface area contributed by atoms with Crippen molar-refractivity contribution in [2.45, 2.75) is 65.3 Å². The first kappa shape index (κ1) is 24.4. The van der Waals surface area contributed by atoms with Crippen LogP contribution in [0, 0.1) is 13.8 Å². The molecule has 2 aromatic heterocycles. The molecule has 1 aliphatic rings. The van der Waals surface area contributed by atoms with Crippen LogP contribution in [0.1, 0.15) is 77.7 Å². The number of aromatic nitrogens is 1. The maximum atomic E-state index is 13.0. The topological polar surface area (TPSA) is 92.5 Å². The van der Waals surface area contributed by atoms with E-state index in [1.54, 1.807) is 7.05 Å². The first-order valence-electron chi connectivity index (χ1n) is 12.0. The minimum atomic E-state index is -2.72. The number of amides is 1. The molecule has 0 atom stereocenters. The molecule has 3 aromatic rings. The average Bonchev–Trinajstić information content (AvgIpc) is 3.58. The summed E-state index contributed by atoms with van der Waals surface area (Å²) in [6.07, 6.45) is 4.90. The number of fused-ring (bicyclic) bond motifs is 1. The average molecular weight is 484 g/mol. The molecule has 0 aliphatic heterocycles. The van der Waals surface area contributed by atoms with E-state index in [1.165, 1.54) is 4.31 Å². The fourth-order valence-electron chi connectivity index (χ4n) is 4.49. The molecule has 0 bridgehead atoms. The van der Waals surface area contributed by atoms with E-state index in [2.05, 4.69) is 18.3 Å². The third kappa shape index (κ3) is 5.03. The zero-order chi connectivity index (χ0) is 24.4. The Labute approximate surface area is 202 Å². The fraction of sp³-hybridized carbons (Fsp3) is 0.462. The lowest BCUT2D eigenvalue weighted by Gasteiger charge is -2.17. The lowest BCUT2D eigenvalue weighted by molar-refractivity contribution is 0.0964. The predicted octanol–water partition coefficient (Wildman–Crippen LogP) is 4.87. The summed E-state index contributed by atoms with van der Waals surface area (Å²) in [6.45, 7) is 6.82. The van der Waals surface area contributed by atoms with Gasteiger partial charge >= 0.3 is 0 Å². The second-order valence-electron chi connectivity index (χ2n) is 9.19. The summed E-state index contributed by atoms with van der Waals surface area (Å²) in [5, 5.41) is 3.41. The lowest BCUT2D eigenvalue weighted by atomic mass is 9.98. The molecule has 1 aromatic carbocycles. The van der Waals surface area contributed by atoms with E-state index >= 15 is 0 Å². The zero-order valence-corrected chi connectivity index (χ0v) is 21.2. The van der Waals surface area contributed by atoms with Crippen LogP contribution in [-0.2, 0) is 17.4 Å². The van der Waals surface area contributed by atoms with Crippen LogP contribution in [0.25, 0.3) is 22.4 Å². The summed E-state index contributed by atoms with van der Waals surface area (Å²) in [6, 6.07) is 8.02. The van der Waals surface area contributed by atoms with Crippen LogP contribution in [0.5, 0.6) is 0 Å². The van der Waals surface area contributed by atoms with E-state index in [0.29, 0.717) is 34.9 Å². The number of nitrogens with one attached hydrogen (secondary N) is 1. The van der Waals surface area contributed by atoms with Crippen LogP contribution in [0.4, 0.5) is 0 Å². The SMILES string of the molecule is CCCCCN(Cc1nc2oc(-c3ccc(C)cc3C)c(C(=O)NC)c2cc1C1CC1)[SH](=O)=O. The van der Waals surface area contributed by atoms with Crippen LogP contribution >= 0.6 is 0 Å². The highest BCUT2D eigenvalue weighted by molar-refractivity contribution is 7.69. The molecule has 4 rings (SSSR count). The maximum Gasteiger partial charge on any atom is 0.255 e. The molecule has 1 N–H and O–H groups in total. The second-order valence-corrected chi connectivity index (χ2v) is 10.2. The lowest BCUT2D eigenvalue weighted by Crippen LogP contribution is -2.24. The van der Waals surface area contributed by atoms with Crippen LogP contribution in [-0.4, -0.2) is 37.2 Å². The van der Waals surface area contributed by atoms with Gasteiger partial charge in [-0.15, -0.1) is 0 Å². The Kier molecular flexibility index (Phi) is 7.38. The quantitative estimate of drug-likeness (QED) is 0.317. The molecular weight excluding hydrogens is 450 g/mol. The standard InChI is InChI=1S/C26H33N3O4S/c1-5-6-7-12-29(34(31)32)15-22-20(18-9-10-18)14-21-23(25(30)27-4)24(33-26(21)28-22)19-11-8-16(2)13-17(19)3/h8,11,13-14,18,34H,5-7,9-10,12,15H2,1-4H3,(H,27,30). The first-order valence-corrected chi connectivity index (χ1v) is 13.1. The molecule has 8 heteroatoms. The molecule has 2 heterocycles. The van der Waals surface area contributed by atoms with Crippen molar-refractivity contribution in [2.75, 3.05) is 13.6 Å². The van der Waals surface area contributed by atoms with Gasteiger partial charge in [0.2, 0.25) is 16.6 Å². The second kappa shape index (κ2) is 10.3. The van der Waals surface area contributed by atoms with Gasteiger partial charge in [0.05, 0.1) is 23.2 Å². The Bertz CT molecular complexity index is 1280. The van der Waals surface area contributed by atoms with Crippen molar-refractivity contribution in [2.24, 2.45) is 0 Å². The summed E-state index contributed by atoms with van der Waals surface area (Å²) in [7, 11) is -1.11. The van der Waals surface area contributed by atoms with Gasteiger partial charge in [0.25, 0.3) is 5.91 Å². The number of carbonyl (C=O) groups is 1. The molecule has 0 radical (unpaired) electrons. The number of hydrogen-bond acceptors (Lipinski definition) is 5. The Morgan fingerprint density at radius 1 is 1.21 bits per heavy atom. The Hall–Kier alpha value is -2.71. The normalized spacial score (nSPS) is 13.8. The number of benzene rings is 1. The van der Waals surface area contributed by atoms with Crippen molar-refractivity contribution in [3.8, 4) is 11.3 Å². The smallest absolute Gasteiger partial charge is 0.255 e. The van der Waals surface area contributed by atoms with Crippen molar-refractivity contribution >= 4 is 27.9 Å². The number of carbonyl (C=O) groups excluding carboxylic acids is 1. The Morgan fingerprint density at radius 2 is 1.97 bits per heavy atom. The van der Waals surface area contributed by atoms with Crippen LogP contribution < -0.4 is 5.32 Å². The third-order valence-electron chi connectivity index (χ3n) is 6.48. The largest absolute Gasteiger partial charge is 0.437 e. The summed E-state index contributed by atoms with van der Waals surface area (Å²) in [5.74, 6) is 0.604. The minimum Gasteiger partial charge on any atom is -0.437 e. The predicted molar refractivity (Wildman–Crippen MR) is 135 cm³/mol. The Balaban J connectivity index is 1.85. The molecule has 1 saturated carbocycles. The summed E-state index contributed by atoms with van der Waals surface area (Å²) < 4.78 is 31.6. The van der Waals surface area contributed by atoms with Gasteiger partial charge in [0.15, 0.2) is 5.76 Å². The molecule has 0 unspecified atom stereocenters. The first-order chi connectivity index (χ1) is 16.3. The maximum absolute atomic E-state index is 13.0. The number of rotatable bonds is 10. The van der Waals surface area contributed by atoms with Crippen molar-refractivity contribution < 1.29 is 17.6 Å². The molecule has 1 aliphatic carbocycles. The monoisotopic (exact) mass is 483 g/mol. The number of unbranched alkanes of at least 4 members (excludes halogenated alkanes) is 2. The van der Waals surface area contributed by atoms with Gasteiger partial charge in [-0.25, -0.2) is 13.4 Å². The number of thiol groups is 1. The van der Waals surface area contributed by atoms with E-state index < -0.39 is 10.9 Å². The third-order valence-corrected chi connectivity index (χ3v) is 7.28. The molecule has 0 saturated heterocycles. The Morgan fingerprint density at radius 3 is 2.59 bits per heavy atom. The number of hydrogen-bond donors (Lipinski definition) is 2. The zero-order valence-electron chi connectivity index (χ0n) is 20.3. The summed E-state index contributed by atoms with van der Waals surface area (Å²) >= 11 is 0. The highest BCUT2D eigenvalue weighted by Gasteiger charge is 2.31. The van der Waals surface area contributed by atoms with Gasteiger partial charge in [-0.05, 0) is 56.2 Å². The number of pyridine rings is 1. The summed E-state index contributed by atoms with van der Waals surface area (Å²) in [4.78, 5) is 17.8. The minimum absolute atomic E-state index is 0.221. The highest BCUT2D eigenvalue weighted by Crippen LogP contribution is 2.44. The van der Waals surface area contributed by atoms with E-state index in [1.807, 2.05) is 32.0 Å². The fourth-order valence-corrected chi connectivity index (χ4v) is 5.05. The van der Waals surface area contributed by atoms with Gasteiger partial charge in [-0.3, -0.25) is 4.79 Å². The van der Waals surface area contributed by atoms with Crippen LogP contribution in [0.15, 0.2) is 28.7 Å². The van der Waals surface area contributed by atoms with Gasteiger partial charge in [0, 0.05) is 19.2 Å². The van der Waals surface area contributed by atoms with Crippen LogP contribution in [0.3, 0.4) is 0 Å². The van der Waals surface area contributed by atoms with E-state index in [9.17, 15) is 13.2 Å². The number of nitrogens with zero attached hydrogens (tertiary/aromatic N) is 2. The number of furan rings is 1. The van der Waals surface area contributed by atoms with E-state index in [0.717, 1.165) is 60.1 Å². The number of aryl methyl sites for hydroxylation is 2. The molecule has 0 spiro atoms. The molecular formula is C26H33N3O4S. The van der Waals surface area contributed by atoms with E-state index in [-0.39, 0.29) is 12.5 Å². The molecule has 7 nitrogen and oxygen atoms in total. The van der Waals surface area contributed by atoms with Crippen molar-refractivity contribution in [3.63, 3.8) is 0 Å². The molecule has 1 amide bonds.